The van der Waals surface area contributed by atoms with E-state index in [1.165, 1.54) is 6.07 Å². The molecule has 0 spiro atoms. The smallest absolute Gasteiger partial charge is 0.252 e. The van der Waals surface area contributed by atoms with Crippen LogP contribution in [0.3, 0.4) is 0 Å². The summed E-state index contributed by atoms with van der Waals surface area (Å²) in [4.78, 5) is 24.3. The van der Waals surface area contributed by atoms with Crippen LogP contribution in [0.1, 0.15) is 22.8 Å². The highest BCUT2D eigenvalue weighted by molar-refractivity contribution is 6.34. The summed E-state index contributed by atoms with van der Waals surface area (Å²) in [6.45, 7) is 2.30. The first kappa shape index (κ1) is 22.8. The molecule has 0 aromatic heterocycles. The number of carbonyl (C=O) groups excluding carboxylic acids is 2. The lowest BCUT2D eigenvalue weighted by Gasteiger charge is -2.14. The number of nitrogens with one attached hydrogen (secondary N) is 2. The van der Waals surface area contributed by atoms with Crippen LogP contribution >= 0.6 is 24.0 Å². The minimum absolute atomic E-state index is 0. The van der Waals surface area contributed by atoms with Crippen LogP contribution < -0.4 is 21.1 Å². The van der Waals surface area contributed by atoms with E-state index in [9.17, 15) is 9.59 Å². The van der Waals surface area contributed by atoms with Crippen molar-refractivity contribution in [2.24, 2.45) is 5.73 Å². The van der Waals surface area contributed by atoms with Gasteiger partial charge in [0.15, 0.2) is 0 Å². The van der Waals surface area contributed by atoms with Crippen molar-refractivity contribution in [2.45, 2.75) is 19.4 Å². The van der Waals surface area contributed by atoms with E-state index in [1.54, 1.807) is 19.2 Å². The van der Waals surface area contributed by atoms with E-state index in [-0.39, 0.29) is 24.2 Å². The van der Waals surface area contributed by atoms with Gasteiger partial charge in [0.25, 0.3) is 5.91 Å². The summed E-state index contributed by atoms with van der Waals surface area (Å²) in [7, 11) is 1.59. The summed E-state index contributed by atoms with van der Waals surface area (Å²) in [6.07, 6.45) is 0.382. The van der Waals surface area contributed by atoms with Gasteiger partial charge in [-0.25, -0.2) is 0 Å². The molecule has 4 N–H and O–H groups in total. The molecule has 2 rings (SSSR count). The third-order valence-corrected chi connectivity index (χ3v) is 4.10. The number of amides is 2. The summed E-state index contributed by atoms with van der Waals surface area (Å²) in [5.41, 5.74) is 7.68. The Balaban J connectivity index is 0.00000364. The average Bonchev–Trinajstić information content (AvgIpc) is 2.64. The van der Waals surface area contributed by atoms with Crippen LogP contribution in [0, 0.1) is 0 Å². The average molecular weight is 412 g/mol. The summed E-state index contributed by atoms with van der Waals surface area (Å²) in [6, 6.07) is 11.4. The Kier molecular flexibility index (Phi) is 9.08. The molecule has 0 unspecified atom stereocenters. The summed E-state index contributed by atoms with van der Waals surface area (Å²) in [5, 5.41) is 5.71. The van der Waals surface area contributed by atoms with Gasteiger partial charge in [0, 0.05) is 12.2 Å². The Labute approximate surface area is 169 Å². The number of nitrogens with two attached hydrogens (primary N) is 1. The van der Waals surface area contributed by atoms with Crippen molar-refractivity contribution >= 4 is 41.5 Å². The van der Waals surface area contributed by atoms with Crippen molar-refractivity contribution < 1.29 is 14.3 Å². The van der Waals surface area contributed by atoms with E-state index >= 15 is 0 Å². The number of benzene rings is 2. The van der Waals surface area contributed by atoms with Crippen molar-refractivity contribution in [1.82, 2.24) is 5.32 Å². The maximum absolute atomic E-state index is 12.3. The molecule has 2 amide bonds. The molecule has 2 aromatic carbocycles. The fourth-order valence-electron chi connectivity index (χ4n) is 2.38. The van der Waals surface area contributed by atoms with E-state index in [0.717, 1.165) is 11.3 Å². The molecule has 6 nitrogen and oxygen atoms in total. The molecule has 2 aromatic rings. The van der Waals surface area contributed by atoms with Crippen LogP contribution in [-0.4, -0.2) is 31.5 Å². The van der Waals surface area contributed by atoms with Gasteiger partial charge in [0.05, 0.1) is 23.7 Å². The van der Waals surface area contributed by atoms with Crippen molar-refractivity contribution in [3.63, 3.8) is 0 Å². The monoisotopic (exact) mass is 411 g/mol. The lowest BCUT2D eigenvalue weighted by molar-refractivity contribution is -0.117. The Morgan fingerprint density at radius 3 is 2.44 bits per heavy atom. The molecule has 0 saturated carbocycles. The quantitative estimate of drug-likeness (QED) is 0.652. The largest absolute Gasteiger partial charge is 0.497 e. The first-order valence-electron chi connectivity index (χ1n) is 8.21. The molecule has 0 aliphatic carbocycles. The Morgan fingerprint density at radius 1 is 1.19 bits per heavy atom. The number of hydrogen-bond acceptors (Lipinski definition) is 4. The molecular weight excluding hydrogens is 389 g/mol. The molecule has 0 aliphatic heterocycles. The number of anilines is 1. The van der Waals surface area contributed by atoms with Gasteiger partial charge in [-0.15, -0.1) is 12.4 Å². The molecule has 0 bridgehead atoms. The van der Waals surface area contributed by atoms with Gasteiger partial charge in [0.1, 0.15) is 5.75 Å². The predicted octanol–water partition coefficient (Wildman–Crippen LogP) is 3.03. The molecule has 146 valence electrons. The van der Waals surface area contributed by atoms with E-state index < -0.39 is 6.04 Å². The molecule has 0 radical (unpaired) electrons. The number of ether oxygens (including phenoxy) is 1. The second-order valence-electron chi connectivity index (χ2n) is 5.70. The fraction of sp³-hybridized carbons (Fsp3) is 0.263. The Morgan fingerprint density at radius 2 is 1.85 bits per heavy atom. The number of methoxy groups -OCH3 is 1. The van der Waals surface area contributed by atoms with Crippen molar-refractivity contribution in [1.29, 1.82) is 0 Å². The van der Waals surface area contributed by atoms with E-state index in [0.29, 0.717) is 29.2 Å². The fourth-order valence-corrected chi connectivity index (χ4v) is 2.58. The van der Waals surface area contributed by atoms with Crippen molar-refractivity contribution in [3.8, 4) is 5.75 Å². The molecule has 0 aliphatic rings. The first-order chi connectivity index (χ1) is 12.4. The summed E-state index contributed by atoms with van der Waals surface area (Å²) < 4.78 is 5.10. The molecule has 1 atom stereocenters. The number of hydrogen-bond donors (Lipinski definition) is 3. The zero-order valence-corrected chi connectivity index (χ0v) is 16.7. The molecule has 0 heterocycles. The third-order valence-electron chi connectivity index (χ3n) is 3.77. The summed E-state index contributed by atoms with van der Waals surface area (Å²) >= 11 is 6.05. The standard InChI is InChI=1S/C19H22ClN3O3.ClH/c1-3-22-18(24)15-11-13(6-9-16(15)20)23-19(25)17(21)10-12-4-7-14(26-2)8-5-12;/h4-9,11,17H,3,10,21H2,1-2H3,(H,22,24)(H,23,25);1H/t17-;/m0./s1. The van der Waals surface area contributed by atoms with E-state index in [2.05, 4.69) is 10.6 Å². The molecule has 8 heteroatoms. The lowest BCUT2D eigenvalue weighted by Crippen LogP contribution is -2.37. The van der Waals surface area contributed by atoms with Gasteiger partial charge in [-0.05, 0) is 49.2 Å². The van der Waals surface area contributed by atoms with Crippen LogP contribution in [0.25, 0.3) is 0 Å². The highest BCUT2D eigenvalue weighted by Gasteiger charge is 2.16. The molecule has 0 saturated heterocycles. The summed E-state index contributed by atoms with van der Waals surface area (Å²) in [5.74, 6) is 0.104. The number of rotatable bonds is 7. The van der Waals surface area contributed by atoms with Crippen molar-refractivity contribution in [3.05, 3.63) is 58.6 Å². The van der Waals surface area contributed by atoms with Crippen LogP contribution in [0.5, 0.6) is 5.75 Å². The predicted molar refractivity (Wildman–Crippen MR) is 110 cm³/mol. The van der Waals surface area contributed by atoms with Crippen LogP contribution in [0.4, 0.5) is 5.69 Å². The van der Waals surface area contributed by atoms with Crippen LogP contribution in [-0.2, 0) is 11.2 Å². The van der Waals surface area contributed by atoms with Gasteiger partial charge >= 0.3 is 0 Å². The zero-order chi connectivity index (χ0) is 19.1. The molecule has 0 fully saturated rings. The maximum Gasteiger partial charge on any atom is 0.252 e. The van der Waals surface area contributed by atoms with Gasteiger partial charge in [-0.3, -0.25) is 9.59 Å². The van der Waals surface area contributed by atoms with Gasteiger partial charge in [-0.2, -0.15) is 0 Å². The van der Waals surface area contributed by atoms with Gasteiger partial charge in [0.2, 0.25) is 5.91 Å². The molecule has 27 heavy (non-hydrogen) atoms. The second-order valence-corrected chi connectivity index (χ2v) is 6.11. The number of carbonyl (C=O) groups is 2. The highest BCUT2D eigenvalue weighted by atomic mass is 35.5. The molecular formula is C19H23Cl2N3O3. The third kappa shape index (κ3) is 6.43. The van der Waals surface area contributed by atoms with Crippen LogP contribution in [0.2, 0.25) is 5.02 Å². The van der Waals surface area contributed by atoms with Gasteiger partial charge < -0.3 is 21.1 Å². The second kappa shape index (κ2) is 10.8. The van der Waals surface area contributed by atoms with Gasteiger partial charge in [-0.1, -0.05) is 23.7 Å². The number of halogens is 2. The Bertz CT molecular complexity index is 782. The van der Waals surface area contributed by atoms with E-state index in [4.69, 9.17) is 22.1 Å². The minimum atomic E-state index is -0.730. The highest BCUT2D eigenvalue weighted by Crippen LogP contribution is 2.21. The SMILES string of the molecule is CCNC(=O)c1cc(NC(=O)[C@@H](N)Cc2ccc(OC)cc2)ccc1Cl.Cl. The van der Waals surface area contributed by atoms with Crippen molar-refractivity contribution in [2.75, 3.05) is 19.0 Å². The topological polar surface area (TPSA) is 93.5 Å². The first-order valence-corrected chi connectivity index (χ1v) is 8.59. The zero-order valence-electron chi connectivity index (χ0n) is 15.1. The lowest BCUT2D eigenvalue weighted by atomic mass is 10.1. The normalized spacial score (nSPS) is 11.1. The minimum Gasteiger partial charge on any atom is -0.497 e. The van der Waals surface area contributed by atoms with Crippen LogP contribution in [0.15, 0.2) is 42.5 Å². The Hall–Kier alpha value is -2.28. The maximum atomic E-state index is 12.3. The van der Waals surface area contributed by atoms with E-state index in [1.807, 2.05) is 31.2 Å².